The number of ketones is 2. The third-order valence-electron chi connectivity index (χ3n) is 3.69. The van der Waals surface area contributed by atoms with E-state index in [0.717, 1.165) is 12.8 Å². The highest BCUT2D eigenvalue weighted by atomic mass is 32.2. The van der Waals surface area contributed by atoms with Crippen molar-refractivity contribution in [2.45, 2.75) is 83.1 Å². The molecule has 0 aromatic carbocycles. The van der Waals surface area contributed by atoms with E-state index in [1.165, 1.54) is 12.8 Å². The lowest BCUT2D eigenvalue weighted by Gasteiger charge is -2.29. The van der Waals surface area contributed by atoms with Crippen LogP contribution >= 0.6 is 23.5 Å². The van der Waals surface area contributed by atoms with Crippen molar-refractivity contribution in [1.29, 1.82) is 0 Å². The first kappa shape index (κ1) is 22.5. The van der Waals surface area contributed by atoms with E-state index >= 15 is 0 Å². The molecule has 132 valence electrons. The zero-order valence-electron chi connectivity index (χ0n) is 15.1. The number of hydrogen-bond acceptors (Lipinski definition) is 4. The van der Waals surface area contributed by atoms with Crippen LogP contribution < -0.4 is 0 Å². The van der Waals surface area contributed by atoms with Crippen molar-refractivity contribution in [3.63, 3.8) is 0 Å². The molecule has 0 bridgehead atoms. The van der Waals surface area contributed by atoms with Crippen molar-refractivity contribution in [2.24, 2.45) is 0 Å². The first-order valence-electron chi connectivity index (χ1n) is 8.72. The van der Waals surface area contributed by atoms with Crippen LogP contribution in [0.4, 0.5) is 0 Å². The fourth-order valence-corrected chi connectivity index (χ4v) is 4.22. The van der Waals surface area contributed by atoms with Crippen molar-refractivity contribution >= 4 is 35.1 Å². The Morgan fingerprint density at radius 1 is 0.870 bits per heavy atom. The molecule has 0 radical (unpaired) electrons. The summed E-state index contributed by atoms with van der Waals surface area (Å²) in [6.07, 6.45) is 10.8. The van der Waals surface area contributed by atoms with Crippen LogP contribution in [0.25, 0.3) is 0 Å². The van der Waals surface area contributed by atoms with Gasteiger partial charge in [0, 0.05) is 25.7 Å². The fraction of sp³-hybridized carbons (Fsp3) is 0.684. The fourth-order valence-electron chi connectivity index (χ4n) is 1.93. The first-order valence-corrected chi connectivity index (χ1v) is 10.5. The Morgan fingerprint density at radius 3 is 1.70 bits per heavy atom. The molecule has 2 nitrogen and oxygen atoms in total. The van der Waals surface area contributed by atoms with Gasteiger partial charge in [-0.15, -0.1) is 23.5 Å². The molecule has 0 rings (SSSR count). The van der Waals surface area contributed by atoms with Gasteiger partial charge in [0.1, 0.15) is 11.6 Å². The van der Waals surface area contributed by atoms with Crippen molar-refractivity contribution in [3.8, 4) is 0 Å². The molecule has 0 N–H and O–H groups in total. The van der Waals surface area contributed by atoms with Gasteiger partial charge in [-0.2, -0.15) is 0 Å². The number of carbonyl (C=O) groups is 2. The maximum Gasteiger partial charge on any atom is 0.136 e. The number of thioether (sulfide) groups is 2. The average molecular weight is 357 g/mol. The summed E-state index contributed by atoms with van der Waals surface area (Å²) in [5.41, 5.74) is 0. The number of carbonyl (C=O) groups excluding carboxylic acids is 2. The van der Waals surface area contributed by atoms with E-state index in [9.17, 15) is 9.59 Å². The quantitative estimate of drug-likeness (QED) is 0.332. The van der Waals surface area contributed by atoms with E-state index in [2.05, 4.69) is 24.7 Å². The standard InChI is InChI=1S/C19H32O2S2/c1-5-9-14-19(8-4,22-15-10-12-17(20)6-2)23-16-11-13-18(21)7-3/h10-11,15-16H,5-9,12-14H2,1-4H3. The van der Waals surface area contributed by atoms with Crippen molar-refractivity contribution in [1.82, 2.24) is 0 Å². The van der Waals surface area contributed by atoms with Crippen molar-refractivity contribution in [2.75, 3.05) is 0 Å². The largest absolute Gasteiger partial charge is 0.299 e. The Kier molecular flexibility index (Phi) is 13.6. The van der Waals surface area contributed by atoms with E-state index in [0.29, 0.717) is 25.7 Å². The summed E-state index contributed by atoms with van der Waals surface area (Å²) in [5, 5.41) is 4.18. The normalized spacial score (nSPS) is 14.4. The van der Waals surface area contributed by atoms with Gasteiger partial charge >= 0.3 is 0 Å². The van der Waals surface area contributed by atoms with Crippen LogP contribution in [0, 0.1) is 0 Å². The van der Waals surface area contributed by atoms with Crippen molar-refractivity contribution in [3.05, 3.63) is 23.0 Å². The van der Waals surface area contributed by atoms with Crippen LogP contribution in [0.15, 0.2) is 23.0 Å². The van der Waals surface area contributed by atoms with Gasteiger partial charge in [0.2, 0.25) is 0 Å². The van der Waals surface area contributed by atoms with Gasteiger partial charge in [0.25, 0.3) is 0 Å². The maximum atomic E-state index is 11.4. The SMILES string of the molecule is CCCCC(CC)(SC=CCC(=O)CC)SC=CCC(=O)CC. The third-order valence-corrected chi connectivity index (χ3v) is 6.77. The number of rotatable bonds is 14. The number of hydrogen-bond donors (Lipinski definition) is 0. The summed E-state index contributed by atoms with van der Waals surface area (Å²) in [6.45, 7) is 8.23. The van der Waals surface area contributed by atoms with E-state index < -0.39 is 0 Å². The molecule has 23 heavy (non-hydrogen) atoms. The summed E-state index contributed by atoms with van der Waals surface area (Å²) in [6, 6.07) is 0. The Labute approximate surface area is 150 Å². The van der Waals surface area contributed by atoms with Gasteiger partial charge in [-0.3, -0.25) is 9.59 Å². The molecule has 0 aromatic rings. The smallest absolute Gasteiger partial charge is 0.136 e. The Balaban J connectivity index is 4.66. The topological polar surface area (TPSA) is 34.1 Å². The third kappa shape index (κ3) is 10.8. The van der Waals surface area contributed by atoms with Crippen LogP contribution in [0.1, 0.15) is 79.1 Å². The summed E-state index contributed by atoms with van der Waals surface area (Å²) in [5.74, 6) is 0.561. The predicted molar refractivity (Wildman–Crippen MR) is 106 cm³/mol. The van der Waals surface area contributed by atoms with Crippen LogP contribution in [-0.4, -0.2) is 15.6 Å². The molecule has 0 spiro atoms. The lowest BCUT2D eigenvalue weighted by atomic mass is 10.1. The molecule has 0 aliphatic heterocycles. The monoisotopic (exact) mass is 356 g/mol. The molecule has 0 unspecified atom stereocenters. The summed E-state index contributed by atoms with van der Waals surface area (Å²) < 4.78 is 0.105. The molecular formula is C19H32O2S2. The minimum atomic E-state index is 0.105. The van der Waals surface area contributed by atoms with Gasteiger partial charge in [-0.05, 0) is 23.7 Å². The minimum Gasteiger partial charge on any atom is -0.299 e. The molecule has 4 heteroatoms. The van der Waals surface area contributed by atoms with Crippen molar-refractivity contribution < 1.29 is 9.59 Å². The first-order chi connectivity index (χ1) is 11.0. The summed E-state index contributed by atoms with van der Waals surface area (Å²) in [4.78, 5) is 22.7. The lowest BCUT2D eigenvalue weighted by Crippen LogP contribution is -2.17. The van der Waals surface area contributed by atoms with E-state index in [1.54, 1.807) is 0 Å². The molecule has 0 saturated carbocycles. The second-order valence-electron chi connectivity index (χ2n) is 5.54. The Hall–Kier alpha value is -0.480. The van der Waals surface area contributed by atoms with Crippen LogP contribution in [0.5, 0.6) is 0 Å². The van der Waals surface area contributed by atoms with Gasteiger partial charge in [0.05, 0.1) is 4.08 Å². The number of unbranched alkanes of at least 4 members (excludes halogenated alkanes) is 1. The van der Waals surface area contributed by atoms with E-state index in [1.807, 2.05) is 49.5 Å². The van der Waals surface area contributed by atoms with Crippen LogP contribution in [0.3, 0.4) is 0 Å². The number of allylic oxidation sites excluding steroid dienone is 2. The highest BCUT2D eigenvalue weighted by Crippen LogP contribution is 2.45. The lowest BCUT2D eigenvalue weighted by molar-refractivity contribution is -0.118. The maximum absolute atomic E-state index is 11.4. The molecule has 0 heterocycles. The zero-order chi connectivity index (χ0) is 17.6. The highest BCUT2D eigenvalue weighted by molar-refractivity contribution is 8.20. The highest BCUT2D eigenvalue weighted by Gasteiger charge is 2.26. The molecule has 0 aliphatic rings. The summed E-state index contributed by atoms with van der Waals surface area (Å²) >= 11 is 3.64. The molecule has 0 amide bonds. The minimum absolute atomic E-state index is 0.105. The van der Waals surface area contributed by atoms with Gasteiger partial charge in [0.15, 0.2) is 0 Å². The second-order valence-corrected chi connectivity index (χ2v) is 8.38. The van der Waals surface area contributed by atoms with Crippen LogP contribution in [0.2, 0.25) is 0 Å². The van der Waals surface area contributed by atoms with Gasteiger partial charge in [-0.1, -0.05) is 52.7 Å². The zero-order valence-corrected chi connectivity index (χ0v) is 16.7. The average Bonchev–Trinajstić information content (AvgIpc) is 2.58. The number of Topliss-reactive ketones (excluding diaryl/α,β-unsaturated/α-hetero) is 2. The molecule has 0 fully saturated rings. The molecular weight excluding hydrogens is 324 g/mol. The Bertz CT molecular complexity index is 370. The predicted octanol–water partition coefficient (Wildman–Crippen LogP) is 6.52. The molecule has 0 aliphatic carbocycles. The molecule has 0 aromatic heterocycles. The van der Waals surface area contributed by atoms with Gasteiger partial charge in [-0.25, -0.2) is 0 Å². The van der Waals surface area contributed by atoms with E-state index in [-0.39, 0.29) is 15.6 Å². The second kappa shape index (κ2) is 13.9. The Morgan fingerprint density at radius 2 is 1.35 bits per heavy atom. The molecule has 0 atom stereocenters. The summed E-state index contributed by atoms with van der Waals surface area (Å²) in [7, 11) is 0. The van der Waals surface area contributed by atoms with E-state index in [4.69, 9.17) is 0 Å². The molecule has 0 saturated heterocycles. The van der Waals surface area contributed by atoms with Crippen LogP contribution in [-0.2, 0) is 9.59 Å². The van der Waals surface area contributed by atoms with Gasteiger partial charge < -0.3 is 0 Å².